The molecule has 0 aliphatic carbocycles. The van der Waals surface area contributed by atoms with E-state index in [2.05, 4.69) is 5.32 Å². The highest BCUT2D eigenvalue weighted by molar-refractivity contribution is 5.85. The molecular weight excluding hydrogens is 240 g/mol. The van der Waals surface area contributed by atoms with E-state index in [0.29, 0.717) is 26.2 Å². The van der Waals surface area contributed by atoms with E-state index in [4.69, 9.17) is 10.5 Å². The minimum atomic E-state index is -0.784. The molecule has 1 aromatic rings. The summed E-state index contributed by atoms with van der Waals surface area (Å²) in [6.07, 6.45) is 1.58. The zero-order chi connectivity index (χ0) is 14.1. The van der Waals surface area contributed by atoms with Crippen LogP contribution in [0.15, 0.2) is 30.3 Å². The zero-order valence-corrected chi connectivity index (χ0v) is 11.8. The van der Waals surface area contributed by atoms with Crippen LogP contribution >= 0.6 is 0 Å². The van der Waals surface area contributed by atoms with Crippen LogP contribution in [0.25, 0.3) is 0 Å². The van der Waals surface area contributed by atoms with Gasteiger partial charge in [0.1, 0.15) is 0 Å². The molecule has 0 aliphatic heterocycles. The summed E-state index contributed by atoms with van der Waals surface area (Å²) in [6.45, 7) is 5.31. The van der Waals surface area contributed by atoms with Crippen molar-refractivity contribution >= 4 is 5.91 Å². The van der Waals surface area contributed by atoms with Gasteiger partial charge in [-0.3, -0.25) is 4.79 Å². The van der Waals surface area contributed by atoms with Crippen molar-refractivity contribution in [3.63, 3.8) is 0 Å². The SMILES string of the molecule is CCCC(C)(N)C(=O)NCCOCc1ccccc1. The van der Waals surface area contributed by atoms with Crippen molar-refractivity contribution in [3.05, 3.63) is 35.9 Å². The van der Waals surface area contributed by atoms with Crippen LogP contribution in [0.1, 0.15) is 32.3 Å². The van der Waals surface area contributed by atoms with Crippen LogP contribution < -0.4 is 11.1 Å². The largest absolute Gasteiger partial charge is 0.375 e. The Morgan fingerprint density at radius 2 is 2.05 bits per heavy atom. The first-order valence-electron chi connectivity index (χ1n) is 6.75. The number of ether oxygens (including phenoxy) is 1. The molecule has 0 fully saturated rings. The highest BCUT2D eigenvalue weighted by Gasteiger charge is 2.26. The molecule has 0 heterocycles. The topological polar surface area (TPSA) is 64.4 Å². The van der Waals surface area contributed by atoms with Crippen molar-refractivity contribution in [1.29, 1.82) is 0 Å². The molecule has 106 valence electrons. The number of hydrogen-bond donors (Lipinski definition) is 2. The predicted molar refractivity (Wildman–Crippen MR) is 76.6 cm³/mol. The number of carbonyl (C=O) groups is 1. The molecule has 4 heteroatoms. The molecule has 0 saturated carbocycles. The van der Waals surface area contributed by atoms with Crippen LogP contribution in [0, 0.1) is 0 Å². The first kappa shape index (κ1) is 15.7. The molecule has 3 N–H and O–H groups in total. The minimum absolute atomic E-state index is 0.113. The van der Waals surface area contributed by atoms with Crippen molar-refractivity contribution in [3.8, 4) is 0 Å². The average Bonchev–Trinajstić information content (AvgIpc) is 2.39. The number of rotatable bonds is 8. The Hall–Kier alpha value is -1.39. The van der Waals surface area contributed by atoms with Gasteiger partial charge in [0, 0.05) is 6.54 Å². The van der Waals surface area contributed by atoms with Crippen LogP contribution in [-0.4, -0.2) is 24.6 Å². The van der Waals surface area contributed by atoms with E-state index < -0.39 is 5.54 Å². The first-order chi connectivity index (χ1) is 9.06. The van der Waals surface area contributed by atoms with E-state index in [-0.39, 0.29) is 5.91 Å². The standard InChI is InChI=1S/C15H24N2O2/c1-3-9-15(2,16)14(18)17-10-11-19-12-13-7-5-4-6-8-13/h4-8H,3,9-12,16H2,1-2H3,(H,17,18). The van der Waals surface area contributed by atoms with E-state index >= 15 is 0 Å². The van der Waals surface area contributed by atoms with Crippen LogP contribution in [0.2, 0.25) is 0 Å². The summed E-state index contributed by atoms with van der Waals surface area (Å²) in [6, 6.07) is 9.95. The zero-order valence-electron chi connectivity index (χ0n) is 11.8. The van der Waals surface area contributed by atoms with Gasteiger partial charge in [-0.1, -0.05) is 43.7 Å². The van der Waals surface area contributed by atoms with Crippen LogP contribution in [0.5, 0.6) is 0 Å². The van der Waals surface area contributed by atoms with Gasteiger partial charge in [0.25, 0.3) is 0 Å². The maximum absolute atomic E-state index is 11.8. The second kappa shape index (κ2) is 7.92. The quantitative estimate of drug-likeness (QED) is 0.704. The second-order valence-corrected chi connectivity index (χ2v) is 4.96. The molecule has 4 nitrogen and oxygen atoms in total. The molecule has 1 rings (SSSR count). The highest BCUT2D eigenvalue weighted by atomic mass is 16.5. The van der Waals surface area contributed by atoms with E-state index in [9.17, 15) is 4.79 Å². The fourth-order valence-corrected chi connectivity index (χ4v) is 1.84. The van der Waals surface area contributed by atoms with Gasteiger partial charge in [0.2, 0.25) is 5.91 Å². The smallest absolute Gasteiger partial charge is 0.239 e. The molecule has 19 heavy (non-hydrogen) atoms. The fraction of sp³-hybridized carbons (Fsp3) is 0.533. The second-order valence-electron chi connectivity index (χ2n) is 4.96. The van der Waals surface area contributed by atoms with Gasteiger partial charge in [0.15, 0.2) is 0 Å². The van der Waals surface area contributed by atoms with Crippen molar-refractivity contribution in [1.82, 2.24) is 5.32 Å². The van der Waals surface area contributed by atoms with Crippen molar-refractivity contribution in [2.45, 2.75) is 38.8 Å². The van der Waals surface area contributed by atoms with Crippen molar-refractivity contribution < 1.29 is 9.53 Å². The van der Waals surface area contributed by atoms with Crippen LogP contribution in [-0.2, 0) is 16.1 Å². The average molecular weight is 264 g/mol. The number of nitrogens with one attached hydrogen (secondary N) is 1. The maximum Gasteiger partial charge on any atom is 0.239 e. The monoisotopic (exact) mass is 264 g/mol. The lowest BCUT2D eigenvalue weighted by atomic mass is 9.97. The third-order valence-electron chi connectivity index (χ3n) is 2.93. The molecular formula is C15H24N2O2. The molecule has 0 bridgehead atoms. The Labute approximate surface area is 115 Å². The maximum atomic E-state index is 11.8. The molecule has 0 aromatic heterocycles. The van der Waals surface area contributed by atoms with Gasteiger partial charge in [-0.15, -0.1) is 0 Å². The lowest BCUT2D eigenvalue weighted by Gasteiger charge is -2.22. The van der Waals surface area contributed by atoms with E-state index in [1.165, 1.54) is 0 Å². The highest BCUT2D eigenvalue weighted by Crippen LogP contribution is 2.08. The van der Waals surface area contributed by atoms with Gasteiger partial charge in [-0.25, -0.2) is 0 Å². The van der Waals surface area contributed by atoms with Crippen LogP contribution in [0.3, 0.4) is 0 Å². The molecule has 0 saturated heterocycles. The van der Waals surface area contributed by atoms with E-state index in [1.54, 1.807) is 6.92 Å². The van der Waals surface area contributed by atoms with Gasteiger partial charge in [0.05, 0.1) is 18.8 Å². The number of carbonyl (C=O) groups excluding carboxylic acids is 1. The Balaban J connectivity index is 2.16. The van der Waals surface area contributed by atoms with Gasteiger partial charge in [-0.2, -0.15) is 0 Å². The van der Waals surface area contributed by atoms with Crippen molar-refractivity contribution in [2.24, 2.45) is 5.73 Å². The molecule has 0 spiro atoms. The number of benzene rings is 1. The summed E-state index contributed by atoms with van der Waals surface area (Å²) in [4.78, 5) is 11.8. The Morgan fingerprint density at radius 1 is 1.37 bits per heavy atom. The lowest BCUT2D eigenvalue weighted by molar-refractivity contribution is -0.126. The molecule has 0 radical (unpaired) electrons. The van der Waals surface area contributed by atoms with Gasteiger partial charge in [-0.05, 0) is 18.9 Å². The number of hydrogen-bond acceptors (Lipinski definition) is 3. The van der Waals surface area contributed by atoms with Gasteiger partial charge >= 0.3 is 0 Å². The normalized spacial score (nSPS) is 13.8. The van der Waals surface area contributed by atoms with E-state index in [0.717, 1.165) is 12.0 Å². The third-order valence-corrected chi connectivity index (χ3v) is 2.93. The Kier molecular flexibility index (Phi) is 6.53. The molecule has 0 aliphatic rings. The molecule has 1 atom stereocenters. The fourth-order valence-electron chi connectivity index (χ4n) is 1.84. The summed E-state index contributed by atoms with van der Waals surface area (Å²) in [5.74, 6) is -0.113. The number of nitrogens with two attached hydrogens (primary N) is 1. The summed E-state index contributed by atoms with van der Waals surface area (Å²) in [5, 5.41) is 2.81. The number of amides is 1. The van der Waals surface area contributed by atoms with Crippen molar-refractivity contribution in [2.75, 3.05) is 13.2 Å². The molecule has 1 unspecified atom stereocenters. The summed E-state index contributed by atoms with van der Waals surface area (Å²) in [5.41, 5.74) is 6.27. The predicted octanol–water partition coefficient (Wildman–Crippen LogP) is 1.84. The van der Waals surface area contributed by atoms with Crippen LogP contribution in [0.4, 0.5) is 0 Å². The summed E-state index contributed by atoms with van der Waals surface area (Å²) in [7, 11) is 0. The first-order valence-corrected chi connectivity index (χ1v) is 6.75. The minimum Gasteiger partial charge on any atom is -0.375 e. The summed E-state index contributed by atoms with van der Waals surface area (Å²) < 4.78 is 5.49. The summed E-state index contributed by atoms with van der Waals surface area (Å²) >= 11 is 0. The van der Waals surface area contributed by atoms with Gasteiger partial charge < -0.3 is 15.8 Å². The third kappa shape index (κ3) is 5.85. The Bertz CT molecular complexity index is 377. The molecule has 1 amide bonds. The Morgan fingerprint density at radius 3 is 2.68 bits per heavy atom. The van der Waals surface area contributed by atoms with E-state index in [1.807, 2.05) is 37.3 Å². The lowest BCUT2D eigenvalue weighted by Crippen LogP contribution is -2.52. The molecule has 1 aromatic carbocycles.